The average Bonchev–Trinajstić information content (AvgIpc) is 2.84. The molecule has 0 aliphatic heterocycles. The number of benzene rings is 3. The fourth-order valence-electron chi connectivity index (χ4n) is 3.72. The molecule has 1 N–H and O–H groups in total. The molecule has 2 amide bonds. The van der Waals surface area contributed by atoms with Crippen LogP contribution in [0.1, 0.15) is 30.5 Å². The van der Waals surface area contributed by atoms with Gasteiger partial charge >= 0.3 is 0 Å². The van der Waals surface area contributed by atoms with Crippen molar-refractivity contribution in [3.8, 4) is 0 Å². The van der Waals surface area contributed by atoms with Gasteiger partial charge in [-0.2, -0.15) is 0 Å². The summed E-state index contributed by atoms with van der Waals surface area (Å²) in [5.41, 5.74) is 2.45. The Balaban J connectivity index is 1.98. The highest BCUT2D eigenvalue weighted by Crippen LogP contribution is 2.25. The summed E-state index contributed by atoms with van der Waals surface area (Å²) in [6.45, 7) is 4.78. The molecule has 0 saturated carbocycles. The Morgan fingerprint density at radius 2 is 1.51 bits per heavy atom. The molecule has 184 valence electrons. The van der Waals surface area contributed by atoms with E-state index in [9.17, 15) is 9.59 Å². The van der Waals surface area contributed by atoms with E-state index in [0.717, 1.165) is 11.1 Å². The van der Waals surface area contributed by atoms with Gasteiger partial charge in [-0.1, -0.05) is 103 Å². The van der Waals surface area contributed by atoms with Gasteiger partial charge in [0.15, 0.2) is 0 Å². The van der Waals surface area contributed by atoms with Crippen molar-refractivity contribution in [2.75, 3.05) is 6.54 Å². The molecule has 0 aliphatic rings. The normalized spacial score (nSPS) is 11.8. The maximum atomic E-state index is 13.7. The van der Waals surface area contributed by atoms with Crippen LogP contribution in [-0.2, 0) is 29.0 Å². The van der Waals surface area contributed by atoms with E-state index in [0.29, 0.717) is 33.6 Å². The second kappa shape index (κ2) is 13.0. The van der Waals surface area contributed by atoms with Gasteiger partial charge in [0.05, 0.1) is 16.5 Å². The number of rotatable bonds is 10. The SMILES string of the molecule is CC(C)CNC(=O)C(Cc1ccccc1)N(Cc1ccc(Cl)c(Cl)c1)C(=O)Cc1ccccc1Cl. The Labute approximate surface area is 222 Å². The number of hydrogen-bond acceptors (Lipinski definition) is 2. The van der Waals surface area contributed by atoms with Crippen LogP contribution in [0.15, 0.2) is 72.8 Å². The summed E-state index contributed by atoms with van der Waals surface area (Å²) >= 11 is 18.7. The lowest BCUT2D eigenvalue weighted by Gasteiger charge is -2.32. The van der Waals surface area contributed by atoms with Gasteiger partial charge < -0.3 is 10.2 Å². The van der Waals surface area contributed by atoms with E-state index in [1.807, 2.05) is 68.4 Å². The number of nitrogens with zero attached hydrogens (tertiary/aromatic N) is 1. The number of halogens is 3. The summed E-state index contributed by atoms with van der Waals surface area (Å²) in [5, 5.41) is 4.35. The summed E-state index contributed by atoms with van der Waals surface area (Å²) in [6.07, 6.45) is 0.449. The zero-order chi connectivity index (χ0) is 25.4. The van der Waals surface area contributed by atoms with E-state index in [4.69, 9.17) is 34.8 Å². The van der Waals surface area contributed by atoms with Crippen LogP contribution in [-0.4, -0.2) is 29.3 Å². The number of carbonyl (C=O) groups is 2. The maximum absolute atomic E-state index is 13.7. The van der Waals surface area contributed by atoms with Gasteiger partial charge in [-0.3, -0.25) is 9.59 Å². The maximum Gasteiger partial charge on any atom is 0.243 e. The largest absolute Gasteiger partial charge is 0.354 e. The van der Waals surface area contributed by atoms with Crippen molar-refractivity contribution >= 4 is 46.6 Å². The third-order valence-corrected chi connectivity index (χ3v) is 6.70. The van der Waals surface area contributed by atoms with Gasteiger partial charge in [-0.05, 0) is 40.8 Å². The third kappa shape index (κ3) is 7.99. The quantitative estimate of drug-likeness (QED) is 0.320. The van der Waals surface area contributed by atoms with Crippen LogP contribution in [0.2, 0.25) is 15.1 Å². The first-order chi connectivity index (χ1) is 16.7. The third-order valence-electron chi connectivity index (χ3n) is 5.59. The second-order valence-electron chi connectivity index (χ2n) is 8.88. The first-order valence-electron chi connectivity index (χ1n) is 11.5. The van der Waals surface area contributed by atoms with E-state index in [-0.39, 0.29) is 30.7 Å². The van der Waals surface area contributed by atoms with Crippen molar-refractivity contribution in [3.63, 3.8) is 0 Å². The number of amides is 2. The molecule has 4 nitrogen and oxygen atoms in total. The Kier molecular flexibility index (Phi) is 10.0. The van der Waals surface area contributed by atoms with Crippen LogP contribution in [0.4, 0.5) is 0 Å². The van der Waals surface area contributed by atoms with Crippen molar-refractivity contribution in [1.82, 2.24) is 10.2 Å². The lowest BCUT2D eigenvalue weighted by atomic mass is 10.0. The molecule has 3 aromatic rings. The fourth-order valence-corrected chi connectivity index (χ4v) is 4.24. The Morgan fingerprint density at radius 1 is 0.829 bits per heavy atom. The van der Waals surface area contributed by atoms with Crippen LogP contribution in [0.25, 0.3) is 0 Å². The zero-order valence-corrected chi connectivity index (χ0v) is 22.1. The van der Waals surface area contributed by atoms with Gasteiger partial charge in [-0.25, -0.2) is 0 Å². The standard InChI is InChI=1S/C28H29Cl3N2O2/c1-19(2)17-32-28(35)26(15-20-8-4-3-5-9-20)33(18-21-12-13-24(30)25(31)14-21)27(34)16-22-10-6-7-11-23(22)29/h3-14,19,26H,15-18H2,1-2H3,(H,32,35). The minimum Gasteiger partial charge on any atom is -0.354 e. The molecule has 35 heavy (non-hydrogen) atoms. The summed E-state index contributed by atoms with van der Waals surface area (Å²) in [5.74, 6) is -0.126. The van der Waals surface area contributed by atoms with Gasteiger partial charge in [0.25, 0.3) is 0 Å². The topological polar surface area (TPSA) is 49.4 Å². The van der Waals surface area contributed by atoms with Crippen LogP contribution in [0.3, 0.4) is 0 Å². The van der Waals surface area contributed by atoms with Gasteiger partial charge in [-0.15, -0.1) is 0 Å². The Hall–Kier alpha value is -2.53. The molecule has 0 bridgehead atoms. The fraction of sp³-hybridized carbons (Fsp3) is 0.286. The molecule has 3 aromatic carbocycles. The molecule has 0 heterocycles. The van der Waals surface area contributed by atoms with Crippen LogP contribution < -0.4 is 5.32 Å². The first kappa shape index (κ1) is 27.1. The highest BCUT2D eigenvalue weighted by atomic mass is 35.5. The molecular weight excluding hydrogens is 503 g/mol. The summed E-state index contributed by atoms with van der Waals surface area (Å²) in [6, 6.07) is 21.4. The van der Waals surface area contributed by atoms with Crippen molar-refractivity contribution < 1.29 is 9.59 Å². The molecule has 0 aliphatic carbocycles. The van der Waals surface area contributed by atoms with Crippen molar-refractivity contribution in [3.05, 3.63) is 105 Å². The lowest BCUT2D eigenvalue weighted by molar-refractivity contribution is -0.140. The minimum atomic E-state index is -0.722. The summed E-state index contributed by atoms with van der Waals surface area (Å²) in [7, 11) is 0. The van der Waals surface area contributed by atoms with Gasteiger partial charge in [0, 0.05) is 24.5 Å². The molecule has 0 spiro atoms. The van der Waals surface area contributed by atoms with E-state index in [2.05, 4.69) is 5.32 Å². The molecule has 3 rings (SSSR count). The molecule has 0 radical (unpaired) electrons. The summed E-state index contributed by atoms with van der Waals surface area (Å²) < 4.78 is 0. The molecule has 7 heteroatoms. The average molecular weight is 532 g/mol. The van der Waals surface area contributed by atoms with Crippen molar-refractivity contribution in [2.24, 2.45) is 5.92 Å². The van der Waals surface area contributed by atoms with Gasteiger partial charge in [0.1, 0.15) is 6.04 Å². The summed E-state index contributed by atoms with van der Waals surface area (Å²) in [4.78, 5) is 28.8. The highest BCUT2D eigenvalue weighted by Gasteiger charge is 2.30. The Bertz CT molecular complexity index is 1150. The van der Waals surface area contributed by atoms with Crippen molar-refractivity contribution in [2.45, 2.75) is 39.3 Å². The second-order valence-corrected chi connectivity index (χ2v) is 10.1. The number of carbonyl (C=O) groups excluding carboxylic acids is 2. The van der Waals surface area contributed by atoms with E-state index in [1.54, 1.807) is 23.1 Å². The van der Waals surface area contributed by atoms with Gasteiger partial charge in [0.2, 0.25) is 11.8 Å². The van der Waals surface area contributed by atoms with Crippen molar-refractivity contribution in [1.29, 1.82) is 0 Å². The van der Waals surface area contributed by atoms with E-state index in [1.165, 1.54) is 0 Å². The molecular formula is C28H29Cl3N2O2. The molecule has 0 aromatic heterocycles. The Morgan fingerprint density at radius 3 is 2.17 bits per heavy atom. The molecule has 0 saturated heterocycles. The molecule has 1 atom stereocenters. The molecule has 0 fully saturated rings. The van der Waals surface area contributed by atoms with E-state index >= 15 is 0 Å². The smallest absolute Gasteiger partial charge is 0.243 e. The van der Waals surface area contributed by atoms with Crippen LogP contribution in [0, 0.1) is 5.92 Å². The lowest BCUT2D eigenvalue weighted by Crippen LogP contribution is -2.51. The monoisotopic (exact) mass is 530 g/mol. The van der Waals surface area contributed by atoms with Crippen LogP contribution >= 0.6 is 34.8 Å². The minimum absolute atomic E-state index is 0.0732. The molecule has 1 unspecified atom stereocenters. The first-order valence-corrected chi connectivity index (χ1v) is 12.7. The number of hydrogen-bond donors (Lipinski definition) is 1. The zero-order valence-electron chi connectivity index (χ0n) is 19.8. The predicted octanol–water partition coefficient (Wildman–Crippen LogP) is 6.60. The highest BCUT2D eigenvalue weighted by molar-refractivity contribution is 6.42. The number of nitrogens with one attached hydrogen (secondary N) is 1. The van der Waals surface area contributed by atoms with E-state index < -0.39 is 6.04 Å². The van der Waals surface area contributed by atoms with Crippen LogP contribution in [0.5, 0.6) is 0 Å². The predicted molar refractivity (Wildman–Crippen MR) is 144 cm³/mol.